The van der Waals surface area contributed by atoms with Crippen molar-refractivity contribution >= 4 is 78.1 Å². The van der Waals surface area contributed by atoms with Crippen molar-refractivity contribution in [3.05, 3.63) is 281 Å². The summed E-state index contributed by atoms with van der Waals surface area (Å²) in [5.74, 6) is -18.8. The molecule has 0 N–H and O–H groups in total. The monoisotopic (exact) mass is 1770 g/mol. The van der Waals surface area contributed by atoms with Crippen LogP contribution in [0.5, 0.6) is 34.5 Å². The van der Waals surface area contributed by atoms with Crippen LogP contribution in [0.3, 0.4) is 0 Å². The predicted octanol–water partition coefficient (Wildman–Crippen LogP) is 22.3. The second-order valence-corrected chi connectivity index (χ2v) is 24.7. The third-order valence-corrected chi connectivity index (χ3v) is 15.4. The van der Waals surface area contributed by atoms with Crippen LogP contribution in [0.2, 0.25) is 0 Å². The molecule has 0 saturated carbocycles. The van der Waals surface area contributed by atoms with E-state index in [-0.39, 0.29) is 84.5 Å². The maximum absolute atomic E-state index is 13.3. The highest BCUT2D eigenvalue weighted by Crippen LogP contribution is 2.48. The Morgan fingerprint density at radius 2 is 0.528 bits per heavy atom. The van der Waals surface area contributed by atoms with E-state index in [1.807, 2.05) is 74.5 Å². The first kappa shape index (κ1) is 106. The number of carbonyl (C=O) groups is 8. The average molecular weight is 1770 g/mol. The Morgan fingerprint density at radius 1 is 0.288 bits per heavy atom. The second kappa shape index (κ2) is 54.8. The fourth-order valence-electron chi connectivity index (χ4n) is 9.09. The number of methoxy groups -OCH3 is 2. The van der Waals surface area contributed by atoms with Gasteiger partial charge in [-0.2, -0.15) is 65.9 Å². The molecule has 0 amide bonds. The molecule has 0 saturated heterocycles. The Kier molecular flexibility index (Phi) is 46.4. The number of ether oxygens (including phenoxy) is 11. The lowest BCUT2D eigenvalue weighted by Crippen LogP contribution is -2.51. The zero-order valence-corrected chi connectivity index (χ0v) is 68.3. The highest BCUT2D eigenvalue weighted by atomic mass is 19.4. The molecular weight excluding hydrogens is 1680 g/mol. The SMILES string of the molecule is CC.CCOC(=O)/C=C/c1ccc(OC(=O)c2ccc(OCCCC(F)(F)C(F)(F)C(F)(F)F)cc2)cc1.CCOC(=O)/C=C/c1ccc(OC(=O)c2ccc(OCCCC(F)(F)C(F)(F)F)cc2)cc1.CCOC(=O)/C=C/c1ccc(OC(=O)c2ccc(OCCCC(F)(F)F)cc2)cc1.COC(=O)/C=C/c1ccccc1.COC(=O)/C=C/c1ccccc1. The Balaban J connectivity index is 0.000000423. The van der Waals surface area contributed by atoms with Gasteiger partial charge in [0.15, 0.2) is 0 Å². The van der Waals surface area contributed by atoms with Crippen molar-refractivity contribution in [2.24, 2.45) is 0 Å². The zero-order chi connectivity index (χ0) is 93.1. The number of halogens is 15. The third kappa shape index (κ3) is 42.3. The van der Waals surface area contributed by atoms with Crippen LogP contribution in [0.15, 0.2) is 237 Å². The van der Waals surface area contributed by atoms with Crippen molar-refractivity contribution in [1.82, 2.24) is 0 Å². The number of hydrogen-bond acceptors (Lipinski definition) is 19. The number of hydrogen-bond donors (Lipinski definition) is 0. The molecule has 19 nitrogen and oxygen atoms in total. The summed E-state index contributed by atoms with van der Waals surface area (Å²) >= 11 is 0. The Labute approximate surface area is 710 Å². The minimum absolute atomic E-state index is 0.0692. The summed E-state index contributed by atoms with van der Waals surface area (Å²) in [6, 6.07) is 54.8. The molecule has 125 heavy (non-hydrogen) atoms. The van der Waals surface area contributed by atoms with Gasteiger partial charge in [-0.15, -0.1) is 0 Å². The summed E-state index contributed by atoms with van der Waals surface area (Å²) in [6.07, 6.45) is -6.89. The highest BCUT2D eigenvalue weighted by molar-refractivity contribution is 5.93. The van der Waals surface area contributed by atoms with Crippen LogP contribution in [-0.2, 0) is 47.7 Å². The highest BCUT2D eigenvalue weighted by Gasteiger charge is 2.72. The molecule has 0 aliphatic carbocycles. The average Bonchev–Trinajstić information content (AvgIpc) is 0.777. The lowest BCUT2D eigenvalue weighted by molar-refractivity contribution is -0.355. The Morgan fingerprint density at radius 3 is 0.768 bits per heavy atom. The first-order chi connectivity index (χ1) is 59.2. The van der Waals surface area contributed by atoms with Gasteiger partial charge in [0.2, 0.25) is 0 Å². The molecular formula is C91H89F15O19. The van der Waals surface area contributed by atoms with Crippen molar-refractivity contribution in [3.63, 3.8) is 0 Å². The standard InChI is InChI=1S/C24H21F7O5.C23H21F5O5.C22H21F3O5.2C10H10O2.C2H6/c1-2-34-20(32)13-6-16-4-9-19(10-5-16)36-21(33)17-7-11-18(12-8-17)35-15-3-14-22(25,26)23(27,28)24(29,30)31;1-2-31-20(29)13-6-16-4-9-19(10-5-16)33-21(30)17-7-11-18(12-8-17)32-15-3-14-22(24,25)23(26,27)28;1-2-28-20(26)13-6-16-4-9-19(10-5-16)30-21(27)17-7-11-18(12-8-17)29-15-3-14-22(23,24)25;2*1-12-10(11)8-7-9-5-3-2-4-6-9;1-2/h4-13H,2-3,14-15H2,1H3;4-13H,2-3,14-15H2,1H3;4-13H,2-3,14-15H2,1H3;2*2-8H,1H3;1-2H3/b3*13-6+;2*8-7+;. The Hall–Kier alpha value is -13.4. The molecule has 0 heterocycles. The van der Waals surface area contributed by atoms with Gasteiger partial charge in [0.25, 0.3) is 0 Å². The van der Waals surface area contributed by atoms with Gasteiger partial charge in [-0.05, 0) is 207 Å². The van der Waals surface area contributed by atoms with Gasteiger partial charge in [0.1, 0.15) is 34.5 Å². The molecule has 672 valence electrons. The van der Waals surface area contributed by atoms with E-state index in [1.54, 1.807) is 93.6 Å². The maximum Gasteiger partial charge on any atom is 0.459 e. The molecule has 8 aromatic rings. The van der Waals surface area contributed by atoms with E-state index < -0.39 is 111 Å². The summed E-state index contributed by atoms with van der Waals surface area (Å²) in [7, 11) is 2.72. The molecule has 0 fully saturated rings. The first-order valence-electron chi connectivity index (χ1n) is 37.9. The zero-order valence-electron chi connectivity index (χ0n) is 68.3. The smallest absolute Gasteiger partial charge is 0.459 e. The molecule has 0 radical (unpaired) electrons. The molecule has 34 heteroatoms. The normalized spacial score (nSPS) is 11.4. The van der Waals surface area contributed by atoms with Gasteiger partial charge in [0, 0.05) is 49.6 Å². The van der Waals surface area contributed by atoms with Crippen LogP contribution >= 0.6 is 0 Å². The van der Waals surface area contributed by atoms with E-state index in [0.29, 0.717) is 29.2 Å². The quantitative estimate of drug-likeness (QED) is 0.00909. The molecule has 0 bridgehead atoms. The van der Waals surface area contributed by atoms with Crippen molar-refractivity contribution in [2.45, 2.75) is 109 Å². The lowest BCUT2D eigenvalue weighted by atomic mass is 10.1. The summed E-state index contributed by atoms with van der Waals surface area (Å²) in [5, 5.41) is 0. The lowest BCUT2D eigenvalue weighted by Gasteiger charge is -2.28. The van der Waals surface area contributed by atoms with Crippen LogP contribution in [0, 0.1) is 0 Å². The fraction of sp³-hybridized carbons (Fsp3) is 0.275. The van der Waals surface area contributed by atoms with E-state index >= 15 is 0 Å². The maximum atomic E-state index is 13.3. The molecule has 0 aliphatic heterocycles. The number of alkyl halides is 15. The molecule has 0 aromatic heterocycles. The van der Waals surface area contributed by atoms with Gasteiger partial charge in [-0.3, -0.25) is 0 Å². The number of esters is 8. The molecule has 0 atom stereocenters. The van der Waals surface area contributed by atoms with E-state index in [4.69, 9.17) is 42.6 Å². The van der Waals surface area contributed by atoms with Gasteiger partial charge < -0.3 is 52.1 Å². The fourth-order valence-corrected chi connectivity index (χ4v) is 9.09. The number of rotatable bonds is 34. The molecule has 8 aromatic carbocycles. The van der Waals surface area contributed by atoms with Crippen molar-refractivity contribution in [1.29, 1.82) is 0 Å². The van der Waals surface area contributed by atoms with Crippen LogP contribution in [-0.4, -0.2) is 138 Å². The topological polar surface area (TPSA) is 238 Å². The third-order valence-electron chi connectivity index (χ3n) is 15.4. The van der Waals surface area contributed by atoms with E-state index in [9.17, 15) is 104 Å². The van der Waals surface area contributed by atoms with Crippen LogP contribution < -0.4 is 28.4 Å². The molecule has 0 aliphatic rings. The molecule has 8 rings (SSSR count). The number of carbonyl (C=O) groups excluding carboxylic acids is 8. The first-order valence-corrected chi connectivity index (χ1v) is 37.9. The van der Waals surface area contributed by atoms with Crippen LogP contribution in [0.1, 0.15) is 132 Å². The van der Waals surface area contributed by atoms with Crippen molar-refractivity contribution < 1.29 is 156 Å². The summed E-state index contributed by atoms with van der Waals surface area (Å²) < 4.78 is 241. The van der Waals surface area contributed by atoms with E-state index in [1.165, 1.54) is 148 Å². The van der Waals surface area contributed by atoms with Crippen LogP contribution in [0.25, 0.3) is 30.4 Å². The number of benzene rings is 8. The molecule has 0 unspecified atom stereocenters. The Bertz CT molecular complexity index is 4670. The van der Waals surface area contributed by atoms with E-state index in [0.717, 1.165) is 16.7 Å². The van der Waals surface area contributed by atoms with Crippen molar-refractivity contribution in [3.8, 4) is 34.5 Å². The van der Waals surface area contributed by atoms with E-state index in [2.05, 4.69) is 9.47 Å². The summed E-state index contributed by atoms with van der Waals surface area (Å²) in [5.41, 5.74) is 4.61. The predicted molar refractivity (Wildman–Crippen MR) is 434 cm³/mol. The van der Waals surface area contributed by atoms with Crippen LogP contribution in [0.4, 0.5) is 65.9 Å². The van der Waals surface area contributed by atoms with Gasteiger partial charge in [0.05, 0.1) is 70.6 Å². The summed E-state index contributed by atoms with van der Waals surface area (Å²) in [4.78, 5) is 92.0. The van der Waals surface area contributed by atoms with Crippen molar-refractivity contribution in [2.75, 3.05) is 53.9 Å². The molecule has 0 spiro atoms. The summed E-state index contributed by atoms with van der Waals surface area (Å²) in [6.45, 7) is 8.94. The minimum Gasteiger partial charge on any atom is -0.494 e. The largest absolute Gasteiger partial charge is 0.494 e. The second-order valence-electron chi connectivity index (χ2n) is 24.7. The minimum atomic E-state index is -6.37. The van der Waals surface area contributed by atoms with Gasteiger partial charge >= 0.3 is 84.1 Å². The van der Waals surface area contributed by atoms with Gasteiger partial charge in [-0.25, -0.2) is 38.4 Å². The van der Waals surface area contributed by atoms with Gasteiger partial charge in [-0.1, -0.05) is 111 Å².